The van der Waals surface area contributed by atoms with Gasteiger partial charge in [-0.3, -0.25) is 9.59 Å². The zero-order chi connectivity index (χ0) is 20.1. The first-order valence-electron chi connectivity index (χ1n) is 9.51. The largest absolute Gasteiger partial charge is 0.370 e. The summed E-state index contributed by atoms with van der Waals surface area (Å²) >= 11 is 0. The van der Waals surface area contributed by atoms with Crippen molar-refractivity contribution < 1.29 is 13.6 Å². The molecule has 150 valence electrons. The number of hydrogen-bond donors (Lipinski definition) is 1. The third-order valence-corrected chi connectivity index (χ3v) is 4.98. The number of hydrogen-bond acceptors (Lipinski definition) is 4. The van der Waals surface area contributed by atoms with Gasteiger partial charge < -0.3 is 10.2 Å². The summed E-state index contributed by atoms with van der Waals surface area (Å²) in [5, 5.41) is 6.88. The Morgan fingerprint density at radius 3 is 2.68 bits per heavy atom. The summed E-state index contributed by atoms with van der Waals surface area (Å²) in [5.74, 6) is -1.43. The Kier molecular flexibility index (Phi) is 6.38. The van der Waals surface area contributed by atoms with Gasteiger partial charge in [-0.15, -0.1) is 0 Å². The average molecular weight is 390 g/mol. The number of aryl methyl sites for hydroxylation is 1. The van der Waals surface area contributed by atoms with Gasteiger partial charge in [-0.1, -0.05) is 6.92 Å². The number of aromatic nitrogens is 2. The third kappa shape index (κ3) is 4.74. The second kappa shape index (κ2) is 8.95. The Labute approximate surface area is 162 Å². The zero-order valence-electron chi connectivity index (χ0n) is 15.8. The van der Waals surface area contributed by atoms with Crippen molar-refractivity contribution in [2.75, 3.05) is 18.0 Å². The fraction of sp³-hybridized carbons (Fsp3) is 0.450. The summed E-state index contributed by atoms with van der Waals surface area (Å²) in [6.07, 6.45) is 3.77. The number of benzene rings is 1. The molecule has 6 nitrogen and oxygen atoms in total. The molecule has 1 amide bonds. The first kappa shape index (κ1) is 20.0. The molecule has 1 aromatic heterocycles. The first-order valence-corrected chi connectivity index (χ1v) is 9.51. The van der Waals surface area contributed by atoms with Crippen LogP contribution in [-0.2, 0) is 17.9 Å². The lowest BCUT2D eigenvalue weighted by atomic mass is 9.95. The number of piperidine rings is 1. The van der Waals surface area contributed by atoms with Gasteiger partial charge in [0.15, 0.2) is 0 Å². The molecule has 0 atom stereocenters. The Morgan fingerprint density at radius 2 is 2.00 bits per heavy atom. The Morgan fingerprint density at radius 1 is 1.25 bits per heavy atom. The van der Waals surface area contributed by atoms with Crippen molar-refractivity contribution in [2.45, 2.75) is 39.3 Å². The van der Waals surface area contributed by atoms with Crippen LogP contribution in [0, 0.1) is 17.6 Å². The van der Waals surface area contributed by atoms with Gasteiger partial charge in [0.05, 0.1) is 11.9 Å². The van der Waals surface area contributed by atoms with Crippen molar-refractivity contribution in [2.24, 2.45) is 5.92 Å². The number of nitrogens with zero attached hydrogens (tertiary/aromatic N) is 3. The molecule has 0 unspecified atom stereocenters. The smallest absolute Gasteiger partial charge is 0.268 e. The molecule has 1 aromatic carbocycles. The predicted octanol–water partition coefficient (Wildman–Crippen LogP) is 2.46. The maximum absolute atomic E-state index is 13.7. The molecule has 1 aliphatic heterocycles. The topological polar surface area (TPSA) is 67.2 Å². The monoisotopic (exact) mass is 390 g/mol. The van der Waals surface area contributed by atoms with Gasteiger partial charge in [-0.25, -0.2) is 13.5 Å². The van der Waals surface area contributed by atoms with Gasteiger partial charge in [0, 0.05) is 43.7 Å². The van der Waals surface area contributed by atoms with Crippen LogP contribution in [0.25, 0.3) is 0 Å². The normalized spacial score (nSPS) is 14.9. The summed E-state index contributed by atoms with van der Waals surface area (Å²) in [4.78, 5) is 26.5. The molecular formula is C20H24F2N4O2. The lowest BCUT2D eigenvalue weighted by Crippen LogP contribution is -2.41. The van der Waals surface area contributed by atoms with E-state index in [0.29, 0.717) is 32.5 Å². The Hall–Kier alpha value is -2.77. The van der Waals surface area contributed by atoms with Crippen LogP contribution in [0.1, 0.15) is 31.7 Å². The van der Waals surface area contributed by atoms with E-state index in [9.17, 15) is 18.4 Å². The van der Waals surface area contributed by atoms with E-state index in [-0.39, 0.29) is 29.5 Å². The van der Waals surface area contributed by atoms with Crippen molar-refractivity contribution in [3.05, 3.63) is 58.0 Å². The summed E-state index contributed by atoms with van der Waals surface area (Å²) in [6.45, 7) is 3.80. The van der Waals surface area contributed by atoms with Crippen molar-refractivity contribution in [1.29, 1.82) is 0 Å². The number of anilines is 1. The quantitative estimate of drug-likeness (QED) is 0.823. The third-order valence-electron chi connectivity index (χ3n) is 4.98. The molecule has 0 bridgehead atoms. The number of rotatable bonds is 6. The van der Waals surface area contributed by atoms with E-state index in [1.54, 1.807) is 12.3 Å². The highest BCUT2D eigenvalue weighted by Crippen LogP contribution is 2.22. The van der Waals surface area contributed by atoms with Crippen molar-refractivity contribution in [1.82, 2.24) is 15.1 Å². The molecule has 0 saturated carbocycles. The van der Waals surface area contributed by atoms with Crippen molar-refractivity contribution in [3.8, 4) is 0 Å². The highest BCUT2D eigenvalue weighted by Gasteiger charge is 2.25. The van der Waals surface area contributed by atoms with E-state index in [0.717, 1.165) is 30.3 Å². The van der Waals surface area contributed by atoms with E-state index in [2.05, 4.69) is 10.4 Å². The van der Waals surface area contributed by atoms with Gasteiger partial charge in [-0.05, 0) is 37.5 Å². The number of halogens is 2. The molecule has 1 aliphatic rings. The van der Waals surface area contributed by atoms with Crippen molar-refractivity contribution in [3.63, 3.8) is 0 Å². The van der Waals surface area contributed by atoms with Crippen LogP contribution in [0.3, 0.4) is 0 Å². The second-order valence-electron chi connectivity index (χ2n) is 6.99. The fourth-order valence-corrected chi connectivity index (χ4v) is 3.38. The minimum Gasteiger partial charge on any atom is -0.370 e. The van der Waals surface area contributed by atoms with Gasteiger partial charge >= 0.3 is 0 Å². The highest BCUT2D eigenvalue weighted by atomic mass is 19.1. The van der Waals surface area contributed by atoms with Gasteiger partial charge in [0.1, 0.15) is 11.6 Å². The van der Waals surface area contributed by atoms with E-state index in [4.69, 9.17) is 0 Å². The van der Waals surface area contributed by atoms with Crippen LogP contribution in [0.4, 0.5) is 14.5 Å². The molecule has 1 fully saturated rings. The molecular weight excluding hydrogens is 366 g/mol. The molecule has 1 saturated heterocycles. The van der Waals surface area contributed by atoms with Crippen LogP contribution in [0.2, 0.25) is 0 Å². The standard InChI is InChI=1S/C20H24F2N4O2/c1-2-7-26-19(27)11-17(13-24-26)25-8-5-14(6-9-25)20(28)23-12-15-10-16(21)3-4-18(15)22/h3-4,10-11,13-14H,2,5-9,12H2,1H3,(H,23,28). The van der Waals surface area contributed by atoms with Gasteiger partial charge in [0.25, 0.3) is 5.56 Å². The number of amides is 1. The van der Waals surface area contributed by atoms with Crippen LogP contribution in [-0.4, -0.2) is 28.8 Å². The number of carbonyl (C=O) groups excluding carboxylic acids is 1. The summed E-state index contributed by atoms with van der Waals surface area (Å²) < 4.78 is 28.3. The fourth-order valence-electron chi connectivity index (χ4n) is 3.38. The minimum absolute atomic E-state index is 0.0395. The summed E-state index contributed by atoms with van der Waals surface area (Å²) in [7, 11) is 0. The van der Waals surface area contributed by atoms with E-state index in [1.807, 2.05) is 11.8 Å². The van der Waals surface area contributed by atoms with Gasteiger partial charge in [0.2, 0.25) is 5.91 Å². The maximum atomic E-state index is 13.7. The molecule has 8 heteroatoms. The Balaban J connectivity index is 1.53. The molecule has 0 aliphatic carbocycles. The minimum atomic E-state index is -0.540. The molecule has 0 radical (unpaired) electrons. The molecule has 3 rings (SSSR count). The van der Waals surface area contributed by atoms with E-state index < -0.39 is 11.6 Å². The second-order valence-corrected chi connectivity index (χ2v) is 6.99. The lowest BCUT2D eigenvalue weighted by molar-refractivity contribution is -0.125. The van der Waals surface area contributed by atoms with Crippen LogP contribution in [0.15, 0.2) is 35.3 Å². The van der Waals surface area contributed by atoms with Crippen molar-refractivity contribution >= 4 is 11.6 Å². The number of carbonyl (C=O) groups is 1. The van der Waals surface area contributed by atoms with Crippen LogP contribution >= 0.6 is 0 Å². The molecule has 2 heterocycles. The number of nitrogens with one attached hydrogen (secondary N) is 1. The predicted molar refractivity (Wildman–Crippen MR) is 102 cm³/mol. The molecule has 2 aromatic rings. The van der Waals surface area contributed by atoms with E-state index >= 15 is 0 Å². The zero-order valence-corrected chi connectivity index (χ0v) is 15.8. The lowest BCUT2D eigenvalue weighted by Gasteiger charge is -2.32. The SMILES string of the molecule is CCCn1ncc(N2CCC(C(=O)NCc3cc(F)ccc3F)CC2)cc1=O. The summed E-state index contributed by atoms with van der Waals surface area (Å²) in [5.41, 5.74) is 0.763. The average Bonchev–Trinajstić information content (AvgIpc) is 2.70. The molecule has 1 N–H and O–H groups in total. The Bertz CT molecular complexity index is 892. The van der Waals surface area contributed by atoms with Crippen LogP contribution in [0.5, 0.6) is 0 Å². The highest BCUT2D eigenvalue weighted by molar-refractivity contribution is 5.79. The maximum Gasteiger partial charge on any atom is 0.268 e. The molecule has 0 spiro atoms. The first-order chi connectivity index (χ1) is 13.5. The van der Waals surface area contributed by atoms with Crippen LogP contribution < -0.4 is 15.8 Å². The summed E-state index contributed by atoms with van der Waals surface area (Å²) in [6, 6.07) is 4.77. The van der Waals surface area contributed by atoms with Gasteiger partial charge in [-0.2, -0.15) is 5.10 Å². The van der Waals surface area contributed by atoms with E-state index in [1.165, 1.54) is 4.68 Å². The molecule has 28 heavy (non-hydrogen) atoms.